The number of hydrogen-bond acceptors (Lipinski definition) is 3. The number of benzene rings is 2. The van der Waals surface area contributed by atoms with E-state index < -0.39 is 0 Å². The Morgan fingerprint density at radius 2 is 1.41 bits per heavy atom. The molecule has 2 atom stereocenters. The lowest BCUT2D eigenvalue weighted by Crippen LogP contribution is -2.49. The first-order valence-corrected chi connectivity index (χ1v) is 10.1. The number of carbonyl (C=O) groups excluding carboxylic acids is 1. The van der Waals surface area contributed by atoms with Gasteiger partial charge >= 0.3 is 0 Å². The van der Waals surface area contributed by atoms with Crippen LogP contribution in [0.15, 0.2) is 60.7 Å². The first-order valence-electron chi connectivity index (χ1n) is 10.1. The van der Waals surface area contributed by atoms with Gasteiger partial charge in [-0.05, 0) is 36.8 Å². The van der Waals surface area contributed by atoms with Crippen LogP contribution in [0.1, 0.15) is 36.8 Å². The van der Waals surface area contributed by atoms with Crippen molar-refractivity contribution in [1.29, 1.82) is 0 Å². The van der Waals surface area contributed by atoms with E-state index in [1.807, 2.05) is 12.1 Å². The number of rotatable bonds is 7. The largest absolute Gasteiger partial charge is 0.352 e. The van der Waals surface area contributed by atoms with Gasteiger partial charge in [-0.2, -0.15) is 0 Å². The summed E-state index contributed by atoms with van der Waals surface area (Å²) in [4.78, 5) is 15.0. The standard InChI is InChI=1S/C23H29N3O/c27-23(25-22-13-20-11-12-21(14-22)24-20)17-26(15-18-7-3-1-4-8-18)16-19-9-5-2-6-10-19/h1-10,20-22,24H,11-17H2,(H,25,27). The van der Waals surface area contributed by atoms with Crippen molar-refractivity contribution in [1.82, 2.24) is 15.5 Å². The fourth-order valence-electron chi connectivity index (χ4n) is 4.50. The number of nitrogens with zero attached hydrogens (tertiary/aromatic N) is 1. The third kappa shape index (κ3) is 5.18. The summed E-state index contributed by atoms with van der Waals surface area (Å²) in [5.41, 5.74) is 2.47. The number of piperidine rings is 1. The SMILES string of the molecule is O=C(CN(Cc1ccccc1)Cc1ccccc1)NC1CC2CCC(C1)N2. The van der Waals surface area contributed by atoms with Crippen molar-refractivity contribution >= 4 is 5.91 Å². The Hall–Kier alpha value is -2.17. The molecule has 2 heterocycles. The number of carbonyl (C=O) groups is 1. The Morgan fingerprint density at radius 3 is 1.93 bits per heavy atom. The molecule has 2 saturated heterocycles. The number of nitrogens with one attached hydrogen (secondary N) is 2. The fraction of sp³-hybridized carbons (Fsp3) is 0.435. The van der Waals surface area contributed by atoms with Crippen LogP contribution < -0.4 is 10.6 Å². The predicted molar refractivity (Wildman–Crippen MR) is 108 cm³/mol. The maximum Gasteiger partial charge on any atom is 0.234 e. The molecule has 0 radical (unpaired) electrons. The Bertz CT molecular complexity index is 680. The number of fused-ring (bicyclic) bond motifs is 2. The van der Waals surface area contributed by atoms with Gasteiger partial charge in [0.05, 0.1) is 6.54 Å². The van der Waals surface area contributed by atoms with E-state index in [1.54, 1.807) is 0 Å². The van der Waals surface area contributed by atoms with E-state index in [0.717, 1.165) is 25.9 Å². The zero-order valence-corrected chi connectivity index (χ0v) is 15.8. The van der Waals surface area contributed by atoms with Crippen LogP contribution in [0, 0.1) is 0 Å². The Morgan fingerprint density at radius 1 is 0.889 bits per heavy atom. The Balaban J connectivity index is 1.37. The van der Waals surface area contributed by atoms with E-state index >= 15 is 0 Å². The lowest BCUT2D eigenvalue weighted by molar-refractivity contribution is -0.123. The first kappa shape index (κ1) is 18.2. The van der Waals surface area contributed by atoms with E-state index in [0.29, 0.717) is 24.7 Å². The average Bonchev–Trinajstić information content (AvgIpc) is 3.01. The molecule has 0 aliphatic carbocycles. The van der Waals surface area contributed by atoms with Crippen molar-refractivity contribution in [2.24, 2.45) is 0 Å². The van der Waals surface area contributed by atoms with Crippen LogP contribution in [-0.4, -0.2) is 35.5 Å². The van der Waals surface area contributed by atoms with Gasteiger partial charge in [-0.25, -0.2) is 0 Å². The zero-order chi connectivity index (χ0) is 18.5. The molecule has 4 nitrogen and oxygen atoms in total. The molecule has 4 rings (SSSR count). The van der Waals surface area contributed by atoms with Gasteiger partial charge in [0.15, 0.2) is 0 Å². The van der Waals surface area contributed by atoms with E-state index in [1.165, 1.54) is 24.0 Å². The van der Waals surface area contributed by atoms with Crippen LogP contribution >= 0.6 is 0 Å². The third-order valence-corrected chi connectivity index (χ3v) is 5.70. The minimum Gasteiger partial charge on any atom is -0.352 e. The lowest BCUT2D eigenvalue weighted by atomic mass is 10.00. The second-order valence-electron chi connectivity index (χ2n) is 7.99. The summed E-state index contributed by atoms with van der Waals surface area (Å²) in [6.07, 6.45) is 4.65. The van der Waals surface area contributed by atoms with Crippen molar-refractivity contribution in [3.05, 3.63) is 71.8 Å². The summed E-state index contributed by atoms with van der Waals surface area (Å²) in [7, 11) is 0. The van der Waals surface area contributed by atoms with Crippen LogP contribution in [-0.2, 0) is 17.9 Å². The highest BCUT2D eigenvalue weighted by atomic mass is 16.2. The molecule has 0 aromatic heterocycles. The van der Waals surface area contributed by atoms with Crippen molar-refractivity contribution < 1.29 is 4.79 Å². The predicted octanol–water partition coefficient (Wildman–Crippen LogP) is 3.09. The molecule has 142 valence electrons. The maximum atomic E-state index is 12.8. The fourth-order valence-corrected chi connectivity index (χ4v) is 4.50. The maximum absolute atomic E-state index is 12.8. The minimum atomic E-state index is 0.146. The number of hydrogen-bond donors (Lipinski definition) is 2. The molecule has 2 aliphatic rings. The third-order valence-electron chi connectivity index (χ3n) is 5.70. The molecule has 2 bridgehead atoms. The molecule has 0 spiro atoms. The molecular weight excluding hydrogens is 334 g/mol. The second kappa shape index (κ2) is 8.68. The summed E-state index contributed by atoms with van der Waals surface area (Å²) in [5, 5.41) is 6.94. The lowest BCUT2D eigenvalue weighted by Gasteiger charge is -2.30. The number of amides is 1. The molecule has 2 aromatic rings. The normalized spacial score (nSPS) is 24.1. The zero-order valence-electron chi connectivity index (χ0n) is 15.8. The van der Waals surface area contributed by atoms with E-state index in [9.17, 15) is 4.79 Å². The molecule has 2 unspecified atom stereocenters. The van der Waals surface area contributed by atoms with E-state index in [2.05, 4.69) is 64.1 Å². The van der Waals surface area contributed by atoms with Crippen molar-refractivity contribution in [3.8, 4) is 0 Å². The van der Waals surface area contributed by atoms with E-state index in [4.69, 9.17) is 0 Å². The monoisotopic (exact) mass is 363 g/mol. The molecule has 2 fully saturated rings. The summed E-state index contributed by atoms with van der Waals surface area (Å²) in [6, 6.07) is 22.3. The van der Waals surface area contributed by atoms with Crippen molar-refractivity contribution in [3.63, 3.8) is 0 Å². The van der Waals surface area contributed by atoms with Crippen LogP contribution in [0.25, 0.3) is 0 Å². The van der Waals surface area contributed by atoms with Crippen LogP contribution in [0.5, 0.6) is 0 Å². The molecule has 2 aliphatic heterocycles. The van der Waals surface area contributed by atoms with Crippen LogP contribution in [0.3, 0.4) is 0 Å². The van der Waals surface area contributed by atoms with Gasteiger partial charge in [0.2, 0.25) is 5.91 Å². The van der Waals surface area contributed by atoms with Crippen molar-refractivity contribution in [2.75, 3.05) is 6.54 Å². The van der Waals surface area contributed by atoms with Crippen LogP contribution in [0.2, 0.25) is 0 Å². The molecule has 1 amide bonds. The summed E-state index contributed by atoms with van der Waals surface area (Å²) in [5.74, 6) is 0.146. The molecule has 2 aromatic carbocycles. The summed E-state index contributed by atoms with van der Waals surface area (Å²) in [6.45, 7) is 1.99. The summed E-state index contributed by atoms with van der Waals surface area (Å²) >= 11 is 0. The minimum absolute atomic E-state index is 0.146. The first-order chi connectivity index (χ1) is 13.2. The molecule has 4 heteroatoms. The van der Waals surface area contributed by atoms with Gasteiger partial charge in [-0.15, -0.1) is 0 Å². The topological polar surface area (TPSA) is 44.4 Å². The highest BCUT2D eigenvalue weighted by Gasteiger charge is 2.34. The Kier molecular flexibility index (Phi) is 5.85. The average molecular weight is 364 g/mol. The van der Waals surface area contributed by atoms with Crippen LogP contribution in [0.4, 0.5) is 0 Å². The van der Waals surface area contributed by atoms with Gasteiger partial charge in [0.1, 0.15) is 0 Å². The molecule has 27 heavy (non-hydrogen) atoms. The van der Waals surface area contributed by atoms with Gasteiger partial charge in [0.25, 0.3) is 0 Å². The highest BCUT2D eigenvalue weighted by molar-refractivity contribution is 5.78. The van der Waals surface area contributed by atoms with Gasteiger partial charge in [-0.1, -0.05) is 60.7 Å². The smallest absolute Gasteiger partial charge is 0.234 e. The summed E-state index contributed by atoms with van der Waals surface area (Å²) < 4.78 is 0. The molecule has 2 N–H and O–H groups in total. The van der Waals surface area contributed by atoms with Crippen molar-refractivity contribution in [2.45, 2.75) is 56.9 Å². The Labute approximate surface area is 162 Å². The van der Waals surface area contributed by atoms with E-state index in [-0.39, 0.29) is 5.91 Å². The molecule has 0 saturated carbocycles. The second-order valence-corrected chi connectivity index (χ2v) is 7.99. The van der Waals surface area contributed by atoms with Gasteiger partial charge in [-0.3, -0.25) is 9.69 Å². The molecular formula is C23H29N3O. The highest BCUT2D eigenvalue weighted by Crippen LogP contribution is 2.26. The van der Waals surface area contributed by atoms with Gasteiger partial charge < -0.3 is 10.6 Å². The quantitative estimate of drug-likeness (QED) is 0.795. The van der Waals surface area contributed by atoms with Gasteiger partial charge in [0, 0.05) is 31.2 Å².